The molecule has 2 aliphatic heterocycles. The SMILES string of the molecule is Cc1cccc(N2C[C@H](C(=O)NC[C@@H]3COc4ccccc4O3)CC2=O)c1C. The van der Waals surface area contributed by atoms with Crippen LogP contribution in [0.2, 0.25) is 0 Å². The molecule has 0 unspecified atom stereocenters. The van der Waals surface area contributed by atoms with Gasteiger partial charge in [-0.15, -0.1) is 0 Å². The van der Waals surface area contributed by atoms with Crippen LogP contribution in [0.3, 0.4) is 0 Å². The van der Waals surface area contributed by atoms with E-state index >= 15 is 0 Å². The minimum absolute atomic E-state index is 0.0139. The van der Waals surface area contributed by atoms with Gasteiger partial charge in [0.1, 0.15) is 12.7 Å². The number of rotatable bonds is 4. The largest absolute Gasteiger partial charge is 0.486 e. The van der Waals surface area contributed by atoms with Crippen LogP contribution in [-0.2, 0) is 9.59 Å². The molecule has 2 atom stereocenters. The van der Waals surface area contributed by atoms with E-state index in [1.54, 1.807) is 4.90 Å². The van der Waals surface area contributed by atoms with E-state index in [0.717, 1.165) is 22.6 Å². The van der Waals surface area contributed by atoms with Gasteiger partial charge in [0.2, 0.25) is 11.8 Å². The standard InChI is InChI=1S/C22H24N2O4/c1-14-6-5-7-18(15(14)2)24-12-16(10-21(24)25)22(26)23-11-17-13-27-19-8-3-4-9-20(19)28-17/h3-9,16-17H,10-13H2,1-2H3,(H,23,26)/t16-,17-/m1/s1. The van der Waals surface area contributed by atoms with Crippen molar-refractivity contribution in [3.63, 3.8) is 0 Å². The quantitative estimate of drug-likeness (QED) is 0.885. The molecule has 28 heavy (non-hydrogen) atoms. The Balaban J connectivity index is 1.35. The molecule has 2 aromatic carbocycles. The molecule has 6 heteroatoms. The van der Waals surface area contributed by atoms with E-state index in [2.05, 4.69) is 5.32 Å². The number of aryl methyl sites for hydroxylation is 1. The van der Waals surface area contributed by atoms with E-state index < -0.39 is 0 Å². The number of carbonyl (C=O) groups excluding carboxylic acids is 2. The van der Waals surface area contributed by atoms with Gasteiger partial charge >= 0.3 is 0 Å². The third kappa shape index (κ3) is 3.54. The van der Waals surface area contributed by atoms with Gasteiger partial charge in [0, 0.05) is 18.7 Å². The van der Waals surface area contributed by atoms with Crippen LogP contribution in [0.15, 0.2) is 42.5 Å². The molecule has 0 aliphatic carbocycles. The van der Waals surface area contributed by atoms with Crippen LogP contribution in [0.4, 0.5) is 5.69 Å². The molecule has 1 saturated heterocycles. The zero-order valence-electron chi connectivity index (χ0n) is 16.1. The second-order valence-corrected chi connectivity index (χ2v) is 7.37. The zero-order valence-corrected chi connectivity index (χ0v) is 16.1. The van der Waals surface area contributed by atoms with E-state index in [4.69, 9.17) is 9.47 Å². The third-order valence-corrected chi connectivity index (χ3v) is 5.43. The first kappa shape index (κ1) is 18.3. The topological polar surface area (TPSA) is 67.9 Å². The van der Waals surface area contributed by atoms with Gasteiger partial charge < -0.3 is 19.7 Å². The lowest BCUT2D eigenvalue weighted by molar-refractivity contribution is -0.126. The van der Waals surface area contributed by atoms with Crippen molar-refractivity contribution < 1.29 is 19.1 Å². The number of hydrogen-bond acceptors (Lipinski definition) is 4. The van der Waals surface area contributed by atoms with Crippen molar-refractivity contribution in [3.05, 3.63) is 53.6 Å². The van der Waals surface area contributed by atoms with Crippen LogP contribution in [0.1, 0.15) is 17.5 Å². The van der Waals surface area contributed by atoms with Gasteiger partial charge in [0.25, 0.3) is 0 Å². The van der Waals surface area contributed by atoms with Gasteiger partial charge in [-0.3, -0.25) is 9.59 Å². The van der Waals surface area contributed by atoms with E-state index in [1.807, 2.05) is 56.3 Å². The lowest BCUT2D eigenvalue weighted by Crippen LogP contribution is -2.43. The Morgan fingerprint density at radius 3 is 2.75 bits per heavy atom. The molecular weight excluding hydrogens is 356 g/mol. The fraction of sp³-hybridized carbons (Fsp3) is 0.364. The molecule has 6 nitrogen and oxygen atoms in total. The highest BCUT2D eigenvalue weighted by atomic mass is 16.6. The normalized spacial score (nSPS) is 20.9. The smallest absolute Gasteiger partial charge is 0.227 e. The Kier molecular flexibility index (Phi) is 4.94. The third-order valence-electron chi connectivity index (χ3n) is 5.43. The van der Waals surface area contributed by atoms with Crippen molar-refractivity contribution in [2.45, 2.75) is 26.4 Å². The number of fused-ring (bicyclic) bond motifs is 1. The van der Waals surface area contributed by atoms with Crippen molar-refractivity contribution in [2.75, 3.05) is 24.6 Å². The molecule has 2 aliphatic rings. The minimum Gasteiger partial charge on any atom is -0.486 e. The average molecular weight is 380 g/mol. The van der Waals surface area contributed by atoms with Gasteiger partial charge in [0.15, 0.2) is 11.5 Å². The van der Waals surface area contributed by atoms with Gasteiger partial charge in [-0.25, -0.2) is 0 Å². The number of anilines is 1. The van der Waals surface area contributed by atoms with Crippen LogP contribution in [0.25, 0.3) is 0 Å². The Bertz CT molecular complexity index is 911. The Labute approximate surface area is 164 Å². The zero-order chi connectivity index (χ0) is 19.7. The van der Waals surface area contributed by atoms with Crippen molar-refractivity contribution in [1.29, 1.82) is 0 Å². The van der Waals surface area contributed by atoms with Crippen molar-refractivity contribution >= 4 is 17.5 Å². The molecule has 2 heterocycles. The first-order valence-corrected chi connectivity index (χ1v) is 9.55. The van der Waals surface area contributed by atoms with Gasteiger partial charge in [-0.1, -0.05) is 24.3 Å². The monoisotopic (exact) mass is 380 g/mol. The highest BCUT2D eigenvalue weighted by molar-refractivity contribution is 6.00. The summed E-state index contributed by atoms with van der Waals surface area (Å²) >= 11 is 0. The Morgan fingerprint density at radius 1 is 1.14 bits per heavy atom. The van der Waals surface area contributed by atoms with Crippen LogP contribution < -0.4 is 19.7 Å². The number of nitrogens with zero attached hydrogens (tertiary/aromatic N) is 1. The number of para-hydroxylation sites is 2. The van der Waals surface area contributed by atoms with Crippen molar-refractivity contribution in [3.8, 4) is 11.5 Å². The maximum absolute atomic E-state index is 12.6. The number of amides is 2. The molecule has 1 N–H and O–H groups in total. The summed E-state index contributed by atoms with van der Waals surface area (Å²) in [5.41, 5.74) is 3.09. The minimum atomic E-state index is -0.357. The summed E-state index contributed by atoms with van der Waals surface area (Å²) in [5, 5.41) is 2.92. The van der Waals surface area contributed by atoms with Gasteiger partial charge in [-0.05, 0) is 43.2 Å². The highest BCUT2D eigenvalue weighted by Crippen LogP contribution is 2.31. The van der Waals surface area contributed by atoms with Crippen molar-refractivity contribution in [2.24, 2.45) is 5.92 Å². The second kappa shape index (κ2) is 7.54. The van der Waals surface area contributed by atoms with Gasteiger partial charge in [0.05, 0.1) is 12.5 Å². The molecule has 0 aromatic heterocycles. The molecule has 0 radical (unpaired) electrons. The maximum atomic E-state index is 12.6. The molecule has 0 bridgehead atoms. The fourth-order valence-corrected chi connectivity index (χ4v) is 3.67. The predicted molar refractivity (Wildman–Crippen MR) is 106 cm³/mol. The number of carbonyl (C=O) groups is 2. The van der Waals surface area contributed by atoms with E-state index in [0.29, 0.717) is 25.4 Å². The summed E-state index contributed by atoms with van der Waals surface area (Å²) in [6, 6.07) is 13.4. The number of benzene rings is 2. The maximum Gasteiger partial charge on any atom is 0.227 e. The van der Waals surface area contributed by atoms with Crippen LogP contribution in [-0.4, -0.2) is 37.6 Å². The van der Waals surface area contributed by atoms with Gasteiger partial charge in [-0.2, -0.15) is 0 Å². The molecular formula is C22H24N2O4. The summed E-state index contributed by atoms with van der Waals surface area (Å²) in [6.45, 7) is 5.16. The molecule has 0 spiro atoms. The first-order valence-electron chi connectivity index (χ1n) is 9.55. The van der Waals surface area contributed by atoms with Crippen molar-refractivity contribution in [1.82, 2.24) is 5.32 Å². The molecule has 2 amide bonds. The summed E-state index contributed by atoms with van der Waals surface area (Å²) in [7, 11) is 0. The predicted octanol–water partition coefficient (Wildman–Crippen LogP) is 2.61. The van der Waals surface area contributed by atoms with Crippen LogP contribution in [0.5, 0.6) is 11.5 Å². The molecule has 2 aromatic rings. The van der Waals surface area contributed by atoms with Crippen LogP contribution in [0, 0.1) is 19.8 Å². The lowest BCUT2D eigenvalue weighted by atomic mass is 10.1. The summed E-state index contributed by atoms with van der Waals surface area (Å²) < 4.78 is 11.5. The van der Waals surface area contributed by atoms with Crippen LogP contribution >= 0.6 is 0 Å². The average Bonchev–Trinajstić information content (AvgIpc) is 3.09. The molecule has 1 fully saturated rings. The highest BCUT2D eigenvalue weighted by Gasteiger charge is 2.36. The first-order chi connectivity index (χ1) is 13.5. The summed E-state index contributed by atoms with van der Waals surface area (Å²) in [6.07, 6.45) is -0.0181. The summed E-state index contributed by atoms with van der Waals surface area (Å²) in [4.78, 5) is 26.8. The Hall–Kier alpha value is -3.02. The van der Waals surface area contributed by atoms with E-state index in [1.165, 1.54) is 0 Å². The number of hydrogen-bond donors (Lipinski definition) is 1. The fourth-order valence-electron chi connectivity index (χ4n) is 3.67. The lowest BCUT2D eigenvalue weighted by Gasteiger charge is -2.27. The van der Waals surface area contributed by atoms with E-state index in [-0.39, 0.29) is 30.3 Å². The number of nitrogens with one attached hydrogen (secondary N) is 1. The summed E-state index contributed by atoms with van der Waals surface area (Å²) in [5.74, 6) is 0.911. The second-order valence-electron chi connectivity index (χ2n) is 7.37. The Morgan fingerprint density at radius 2 is 1.93 bits per heavy atom. The molecule has 146 valence electrons. The van der Waals surface area contributed by atoms with E-state index in [9.17, 15) is 9.59 Å². The number of ether oxygens (including phenoxy) is 2. The molecule has 4 rings (SSSR count). The molecule has 0 saturated carbocycles.